The summed E-state index contributed by atoms with van der Waals surface area (Å²) in [5.74, 6) is 0.843. The summed E-state index contributed by atoms with van der Waals surface area (Å²) in [6.45, 7) is 5.38. The van der Waals surface area contributed by atoms with Gasteiger partial charge in [0.05, 0.1) is 12.7 Å². The lowest BCUT2D eigenvalue weighted by Crippen LogP contribution is -2.41. The summed E-state index contributed by atoms with van der Waals surface area (Å²) in [4.78, 5) is 27.4. The Morgan fingerprint density at radius 3 is 2.36 bits per heavy atom. The van der Waals surface area contributed by atoms with Gasteiger partial charge in [0.2, 0.25) is 5.91 Å². The first-order chi connectivity index (χ1) is 13.5. The summed E-state index contributed by atoms with van der Waals surface area (Å²) < 4.78 is 5.30. The average molecular weight is 380 g/mol. The molecule has 1 fully saturated rings. The maximum atomic E-state index is 12.8. The average Bonchev–Trinajstić information content (AvgIpc) is 2.73. The molecule has 1 N–H and O–H groups in total. The fourth-order valence-electron chi connectivity index (χ4n) is 3.69. The van der Waals surface area contributed by atoms with Gasteiger partial charge in [-0.1, -0.05) is 44.2 Å². The van der Waals surface area contributed by atoms with Gasteiger partial charge in [-0.15, -0.1) is 0 Å². The number of likely N-dealkylation sites (tertiary alicyclic amines) is 1. The number of benzene rings is 2. The highest BCUT2D eigenvalue weighted by molar-refractivity contribution is 5.97. The fourth-order valence-corrected chi connectivity index (χ4v) is 3.69. The number of piperidine rings is 1. The number of carbonyl (C=O) groups is 2. The van der Waals surface area contributed by atoms with E-state index >= 15 is 0 Å². The lowest BCUT2D eigenvalue weighted by atomic mass is 9.94. The molecule has 5 nitrogen and oxygen atoms in total. The Balaban J connectivity index is 1.61. The van der Waals surface area contributed by atoms with Crippen LogP contribution in [0.15, 0.2) is 48.5 Å². The molecule has 0 bridgehead atoms. The monoisotopic (exact) mass is 380 g/mol. The van der Waals surface area contributed by atoms with Gasteiger partial charge in [0.1, 0.15) is 5.75 Å². The maximum absolute atomic E-state index is 12.8. The van der Waals surface area contributed by atoms with E-state index < -0.39 is 0 Å². The summed E-state index contributed by atoms with van der Waals surface area (Å²) in [5, 5.41) is 3.09. The van der Waals surface area contributed by atoms with Crippen molar-refractivity contribution in [3.63, 3.8) is 0 Å². The Labute approximate surface area is 166 Å². The maximum Gasteiger partial charge on any atom is 0.257 e. The minimum Gasteiger partial charge on any atom is -0.496 e. The van der Waals surface area contributed by atoms with Crippen molar-refractivity contribution in [2.75, 3.05) is 25.5 Å². The smallest absolute Gasteiger partial charge is 0.257 e. The van der Waals surface area contributed by atoms with Crippen molar-refractivity contribution in [3.8, 4) is 5.75 Å². The molecule has 5 heteroatoms. The molecule has 148 valence electrons. The standard InChI is InChI=1S/C23H28N2O3/c1-16(2)18-8-4-6-10-20(18)24-22(26)17-12-14-25(15-13-17)23(27)19-9-5-7-11-21(19)28-3/h4-11,16-17H,12-15H2,1-3H3,(H,24,26). The van der Waals surface area contributed by atoms with Crippen molar-refractivity contribution in [1.29, 1.82) is 0 Å². The topological polar surface area (TPSA) is 58.6 Å². The molecule has 2 amide bonds. The number of methoxy groups -OCH3 is 1. The zero-order chi connectivity index (χ0) is 20.1. The van der Waals surface area contributed by atoms with E-state index in [9.17, 15) is 9.59 Å². The molecule has 2 aromatic carbocycles. The van der Waals surface area contributed by atoms with E-state index in [1.165, 1.54) is 0 Å². The highest BCUT2D eigenvalue weighted by atomic mass is 16.5. The van der Waals surface area contributed by atoms with Gasteiger partial charge in [-0.25, -0.2) is 0 Å². The number of nitrogens with zero attached hydrogens (tertiary/aromatic N) is 1. The summed E-state index contributed by atoms with van der Waals surface area (Å²) >= 11 is 0. The van der Waals surface area contributed by atoms with Crippen LogP contribution in [0, 0.1) is 5.92 Å². The molecule has 1 heterocycles. The normalized spacial score (nSPS) is 14.8. The predicted molar refractivity (Wildman–Crippen MR) is 111 cm³/mol. The molecule has 0 spiro atoms. The first-order valence-corrected chi connectivity index (χ1v) is 9.83. The third kappa shape index (κ3) is 4.35. The van der Waals surface area contributed by atoms with Crippen LogP contribution in [-0.4, -0.2) is 36.9 Å². The second kappa shape index (κ2) is 8.91. The SMILES string of the molecule is COc1ccccc1C(=O)N1CCC(C(=O)Nc2ccccc2C(C)C)CC1. The highest BCUT2D eigenvalue weighted by Crippen LogP contribution is 2.27. The molecule has 0 unspecified atom stereocenters. The summed E-state index contributed by atoms with van der Waals surface area (Å²) in [5.41, 5.74) is 2.59. The molecule has 2 aromatic rings. The quantitative estimate of drug-likeness (QED) is 0.841. The largest absolute Gasteiger partial charge is 0.496 e. The number of amides is 2. The Morgan fingerprint density at radius 2 is 1.68 bits per heavy atom. The van der Waals surface area contributed by atoms with E-state index in [2.05, 4.69) is 25.2 Å². The Kier molecular flexibility index (Phi) is 6.34. The number of rotatable bonds is 5. The van der Waals surface area contributed by atoms with E-state index in [0.29, 0.717) is 43.2 Å². The number of hydrogen-bond acceptors (Lipinski definition) is 3. The van der Waals surface area contributed by atoms with Crippen LogP contribution < -0.4 is 10.1 Å². The van der Waals surface area contributed by atoms with Crippen molar-refractivity contribution in [2.45, 2.75) is 32.6 Å². The molecule has 0 radical (unpaired) electrons. The molecule has 1 aliphatic rings. The molecule has 1 saturated heterocycles. The first kappa shape index (κ1) is 19.9. The highest BCUT2D eigenvalue weighted by Gasteiger charge is 2.29. The molecular weight excluding hydrogens is 352 g/mol. The van der Waals surface area contributed by atoms with E-state index in [0.717, 1.165) is 11.3 Å². The van der Waals surface area contributed by atoms with Crippen LogP contribution in [0.2, 0.25) is 0 Å². The van der Waals surface area contributed by atoms with Gasteiger partial charge in [-0.05, 0) is 42.5 Å². The Bertz CT molecular complexity index is 839. The summed E-state index contributed by atoms with van der Waals surface area (Å²) in [7, 11) is 1.57. The molecular formula is C23H28N2O3. The van der Waals surface area contributed by atoms with Gasteiger partial charge in [-0.2, -0.15) is 0 Å². The third-order valence-electron chi connectivity index (χ3n) is 5.33. The first-order valence-electron chi connectivity index (χ1n) is 9.83. The number of hydrogen-bond donors (Lipinski definition) is 1. The van der Waals surface area contributed by atoms with Gasteiger partial charge in [0.25, 0.3) is 5.91 Å². The van der Waals surface area contributed by atoms with Gasteiger partial charge >= 0.3 is 0 Å². The molecule has 0 aliphatic carbocycles. The Hall–Kier alpha value is -2.82. The zero-order valence-electron chi connectivity index (χ0n) is 16.8. The lowest BCUT2D eigenvalue weighted by Gasteiger charge is -2.32. The van der Waals surface area contributed by atoms with Gasteiger partial charge in [0, 0.05) is 24.7 Å². The van der Waals surface area contributed by atoms with Crippen molar-refractivity contribution < 1.29 is 14.3 Å². The van der Waals surface area contributed by atoms with Gasteiger partial charge in [0.15, 0.2) is 0 Å². The van der Waals surface area contributed by atoms with Gasteiger partial charge < -0.3 is 15.0 Å². The second-order valence-electron chi connectivity index (χ2n) is 7.50. The number of carbonyl (C=O) groups excluding carboxylic acids is 2. The third-order valence-corrected chi connectivity index (χ3v) is 5.33. The number of nitrogens with one attached hydrogen (secondary N) is 1. The lowest BCUT2D eigenvalue weighted by molar-refractivity contribution is -0.121. The second-order valence-corrected chi connectivity index (χ2v) is 7.50. The van der Waals surface area contributed by atoms with Gasteiger partial charge in [-0.3, -0.25) is 9.59 Å². The number of ether oxygens (including phenoxy) is 1. The molecule has 1 aliphatic heterocycles. The minimum absolute atomic E-state index is 0.0393. The Morgan fingerprint density at radius 1 is 1.04 bits per heavy atom. The van der Waals surface area contributed by atoms with E-state index in [1.807, 2.05) is 35.2 Å². The van der Waals surface area contributed by atoms with E-state index in [1.54, 1.807) is 19.2 Å². The van der Waals surface area contributed by atoms with E-state index in [-0.39, 0.29) is 17.7 Å². The number of para-hydroxylation sites is 2. The van der Waals surface area contributed by atoms with Crippen molar-refractivity contribution in [1.82, 2.24) is 4.90 Å². The van der Waals surface area contributed by atoms with Crippen molar-refractivity contribution in [2.24, 2.45) is 5.92 Å². The molecule has 0 saturated carbocycles. The van der Waals surface area contributed by atoms with Crippen LogP contribution in [0.5, 0.6) is 5.75 Å². The van der Waals surface area contributed by atoms with Crippen LogP contribution in [-0.2, 0) is 4.79 Å². The minimum atomic E-state index is -0.0815. The molecule has 3 rings (SSSR count). The van der Waals surface area contributed by atoms with Crippen molar-refractivity contribution >= 4 is 17.5 Å². The van der Waals surface area contributed by atoms with Crippen molar-refractivity contribution in [3.05, 3.63) is 59.7 Å². The summed E-state index contributed by atoms with van der Waals surface area (Å²) in [6, 6.07) is 15.2. The molecule has 0 aromatic heterocycles. The molecule has 0 atom stereocenters. The fraction of sp³-hybridized carbons (Fsp3) is 0.391. The van der Waals surface area contributed by atoms with Crippen LogP contribution in [0.3, 0.4) is 0 Å². The van der Waals surface area contributed by atoms with Crippen LogP contribution in [0.25, 0.3) is 0 Å². The number of anilines is 1. The zero-order valence-corrected chi connectivity index (χ0v) is 16.8. The van der Waals surface area contributed by atoms with Crippen LogP contribution >= 0.6 is 0 Å². The van der Waals surface area contributed by atoms with E-state index in [4.69, 9.17) is 4.74 Å². The van der Waals surface area contributed by atoms with Crippen LogP contribution in [0.4, 0.5) is 5.69 Å². The molecule has 28 heavy (non-hydrogen) atoms. The van der Waals surface area contributed by atoms with Crippen LogP contribution in [0.1, 0.15) is 48.5 Å². The predicted octanol–water partition coefficient (Wildman–Crippen LogP) is 4.31. The summed E-state index contributed by atoms with van der Waals surface area (Å²) in [6.07, 6.45) is 1.33.